The summed E-state index contributed by atoms with van der Waals surface area (Å²) in [5.74, 6) is 0.317. The van der Waals surface area contributed by atoms with Crippen LogP contribution in [0.2, 0.25) is 0 Å². The summed E-state index contributed by atoms with van der Waals surface area (Å²) >= 11 is 0. The van der Waals surface area contributed by atoms with E-state index in [0.29, 0.717) is 31.8 Å². The molecule has 2 N–H and O–H groups in total. The van der Waals surface area contributed by atoms with E-state index in [1.165, 1.54) is 42.7 Å². The van der Waals surface area contributed by atoms with E-state index in [1.54, 1.807) is 0 Å². The lowest BCUT2D eigenvalue weighted by atomic mass is 9.92. The molecule has 0 spiro atoms. The second kappa shape index (κ2) is 7.09. The van der Waals surface area contributed by atoms with Crippen molar-refractivity contribution in [2.45, 2.75) is 35.6 Å². The minimum Gasteiger partial charge on any atom is -0.328 e. The van der Waals surface area contributed by atoms with Gasteiger partial charge in [0.1, 0.15) is 0 Å². The van der Waals surface area contributed by atoms with Crippen molar-refractivity contribution >= 4 is 20.0 Å². The molecule has 1 aliphatic rings. The predicted molar refractivity (Wildman–Crippen MR) is 92.4 cm³/mol. The van der Waals surface area contributed by atoms with E-state index in [9.17, 15) is 16.8 Å². The third-order valence-corrected chi connectivity index (χ3v) is 8.17. The maximum Gasteiger partial charge on any atom is 0.243 e. The molecule has 2 rings (SSSR count). The fraction of sp³-hybridized carbons (Fsp3) is 0.600. The van der Waals surface area contributed by atoms with Gasteiger partial charge in [-0.1, -0.05) is 6.07 Å². The first-order chi connectivity index (χ1) is 11.1. The minimum atomic E-state index is -3.71. The number of hydrogen-bond donors (Lipinski definition) is 1. The number of nitrogens with two attached hydrogens (primary N) is 1. The van der Waals surface area contributed by atoms with Gasteiger partial charge in [0.15, 0.2) is 0 Å². The second-order valence-electron chi connectivity index (χ2n) is 6.36. The van der Waals surface area contributed by atoms with Crippen LogP contribution >= 0.6 is 0 Å². The third kappa shape index (κ3) is 3.80. The Morgan fingerprint density at radius 3 is 2.17 bits per heavy atom. The maximum absolute atomic E-state index is 12.8. The van der Waals surface area contributed by atoms with Crippen LogP contribution in [0.4, 0.5) is 0 Å². The monoisotopic (exact) mass is 375 g/mol. The predicted octanol–water partition coefficient (Wildman–Crippen LogP) is 0.685. The Morgan fingerprint density at radius 1 is 1.12 bits per heavy atom. The summed E-state index contributed by atoms with van der Waals surface area (Å²) in [4.78, 5) is -0.0243. The molecule has 0 bridgehead atoms. The van der Waals surface area contributed by atoms with Crippen molar-refractivity contribution in [2.75, 3.05) is 27.2 Å². The Kier molecular flexibility index (Phi) is 5.71. The van der Waals surface area contributed by atoms with E-state index < -0.39 is 20.0 Å². The Hall–Kier alpha value is -1.00. The number of piperidine rings is 1. The van der Waals surface area contributed by atoms with E-state index >= 15 is 0 Å². The van der Waals surface area contributed by atoms with Gasteiger partial charge in [-0.05, 0) is 43.9 Å². The second-order valence-corrected chi connectivity index (χ2v) is 10.5. The van der Waals surface area contributed by atoms with Crippen molar-refractivity contribution in [3.8, 4) is 0 Å². The molecular formula is C15H25N3O4S2. The average molecular weight is 376 g/mol. The van der Waals surface area contributed by atoms with Gasteiger partial charge in [-0.3, -0.25) is 0 Å². The van der Waals surface area contributed by atoms with E-state index in [4.69, 9.17) is 5.73 Å². The molecule has 1 saturated heterocycles. The van der Waals surface area contributed by atoms with Gasteiger partial charge in [0.05, 0.1) is 9.79 Å². The fourth-order valence-corrected chi connectivity index (χ4v) is 5.34. The van der Waals surface area contributed by atoms with Gasteiger partial charge in [0.2, 0.25) is 20.0 Å². The highest BCUT2D eigenvalue weighted by atomic mass is 32.2. The first-order valence-corrected chi connectivity index (χ1v) is 10.7. The molecule has 1 aliphatic heterocycles. The summed E-state index contributed by atoms with van der Waals surface area (Å²) in [6, 6.07) is 5.56. The maximum atomic E-state index is 12.8. The molecule has 1 aromatic carbocycles. The van der Waals surface area contributed by atoms with Crippen LogP contribution in [0.3, 0.4) is 0 Å². The molecule has 9 heteroatoms. The molecule has 136 valence electrons. The first kappa shape index (κ1) is 19.3. The molecule has 0 aliphatic carbocycles. The Labute approximate surface area is 144 Å². The summed E-state index contributed by atoms with van der Waals surface area (Å²) in [6.45, 7) is 2.74. The van der Waals surface area contributed by atoms with E-state index in [1.807, 2.05) is 6.92 Å². The van der Waals surface area contributed by atoms with Crippen molar-refractivity contribution in [3.05, 3.63) is 24.3 Å². The van der Waals surface area contributed by atoms with Crippen molar-refractivity contribution in [3.63, 3.8) is 0 Å². The zero-order valence-electron chi connectivity index (χ0n) is 14.2. The van der Waals surface area contributed by atoms with Gasteiger partial charge in [0.25, 0.3) is 0 Å². The number of nitrogens with zero attached hydrogens (tertiary/aromatic N) is 2. The van der Waals surface area contributed by atoms with Crippen molar-refractivity contribution in [2.24, 2.45) is 11.7 Å². The number of rotatable bonds is 5. The first-order valence-electron chi connectivity index (χ1n) is 7.85. The molecule has 7 nitrogen and oxygen atoms in total. The zero-order chi connectivity index (χ0) is 18.1. The van der Waals surface area contributed by atoms with Gasteiger partial charge in [-0.15, -0.1) is 0 Å². The molecule has 1 fully saturated rings. The zero-order valence-corrected chi connectivity index (χ0v) is 15.8. The standard InChI is InChI=1S/C15H25N3O4S2/c1-12(16)13-7-9-18(10-8-13)24(21,22)15-6-4-5-14(11-15)23(19,20)17(2)3/h4-6,11-13H,7-10,16H2,1-3H3. The topological polar surface area (TPSA) is 101 Å². The molecule has 1 aromatic rings. The van der Waals surface area contributed by atoms with Crippen LogP contribution in [0.25, 0.3) is 0 Å². The van der Waals surface area contributed by atoms with E-state index in [2.05, 4.69) is 0 Å². The van der Waals surface area contributed by atoms with Gasteiger partial charge in [-0.2, -0.15) is 4.31 Å². The van der Waals surface area contributed by atoms with Crippen molar-refractivity contribution in [1.29, 1.82) is 0 Å². The quantitative estimate of drug-likeness (QED) is 0.816. The average Bonchev–Trinajstić information content (AvgIpc) is 2.54. The van der Waals surface area contributed by atoms with Crippen LogP contribution in [0.5, 0.6) is 0 Å². The smallest absolute Gasteiger partial charge is 0.243 e. The van der Waals surface area contributed by atoms with E-state index in [-0.39, 0.29) is 15.8 Å². The number of hydrogen-bond acceptors (Lipinski definition) is 5. The third-order valence-electron chi connectivity index (χ3n) is 4.46. The number of benzene rings is 1. The molecular weight excluding hydrogens is 350 g/mol. The molecule has 1 heterocycles. The van der Waals surface area contributed by atoms with Crippen LogP contribution in [0.15, 0.2) is 34.1 Å². The lowest BCUT2D eigenvalue weighted by Gasteiger charge is -2.33. The van der Waals surface area contributed by atoms with E-state index in [0.717, 1.165) is 4.31 Å². The highest BCUT2D eigenvalue weighted by molar-refractivity contribution is 7.90. The summed E-state index contributed by atoms with van der Waals surface area (Å²) < 4.78 is 52.5. The molecule has 1 atom stereocenters. The van der Waals surface area contributed by atoms with Gasteiger partial charge < -0.3 is 5.73 Å². The molecule has 1 unspecified atom stereocenters. The van der Waals surface area contributed by atoms with Crippen LogP contribution in [-0.4, -0.2) is 58.7 Å². The lowest BCUT2D eigenvalue weighted by molar-refractivity contribution is 0.250. The minimum absolute atomic E-state index is 0.00433. The molecule has 0 aromatic heterocycles. The highest BCUT2D eigenvalue weighted by Crippen LogP contribution is 2.26. The summed E-state index contributed by atoms with van der Waals surface area (Å²) in [7, 11) is -4.56. The molecule has 0 radical (unpaired) electrons. The summed E-state index contributed by atoms with van der Waals surface area (Å²) in [6.07, 6.45) is 1.43. The molecule has 24 heavy (non-hydrogen) atoms. The summed E-state index contributed by atoms with van der Waals surface area (Å²) in [5.41, 5.74) is 5.89. The van der Waals surface area contributed by atoms with Crippen LogP contribution in [-0.2, 0) is 20.0 Å². The van der Waals surface area contributed by atoms with Crippen LogP contribution in [0, 0.1) is 5.92 Å². The van der Waals surface area contributed by atoms with Gasteiger partial charge in [0, 0.05) is 33.2 Å². The normalized spacial score (nSPS) is 19.5. The molecule has 0 amide bonds. The van der Waals surface area contributed by atoms with Gasteiger partial charge >= 0.3 is 0 Å². The van der Waals surface area contributed by atoms with Crippen LogP contribution < -0.4 is 5.73 Å². The Morgan fingerprint density at radius 2 is 1.67 bits per heavy atom. The fourth-order valence-electron chi connectivity index (χ4n) is 2.80. The summed E-state index contributed by atoms with van der Waals surface area (Å²) in [5, 5.41) is 0. The lowest BCUT2D eigenvalue weighted by Crippen LogP contribution is -2.42. The van der Waals surface area contributed by atoms with Crippen molar-refractivity contribution in [1.82, 2.24) is 8.61 Å². The largest absolute Gasteiger partial charge is 0.328 e. The Balaban J connectivity index is 2.28. The van der Waals surface area contributed by atoms with Crippen LogP contribution in [0.1, 0.15) is 19.8 Å². The molecule has 0 saturated carbocycles. The Bertz CT molecular complexity index is 781. The van der Waals surface area contributed by atoms with Crippen molar-refractivity contribution < 1.29 is 16.8 Å². The SMILES string of the molecule is CC(N)C1CCN(S(=O)(=O)c2cccc(S(=O)(=O)N(C)C)c2)CC1. The van der Waals surface area contributed by atoms with Gasteiger partial charge in [-0.25, -0.2) is 21.1 Å². The number of sulfonamides is 2. The highest BCUT2D eigenvalue weighted by Gasteiger charge is 2.31.